The number of halogens is 1. The molecule has 0 amide bonds. The molecule has 2 N–H and O–H groups in total. The Bertz CT molecular complexity index is 344. The molecule has 0 bridgehead atoms. The maximum atomic E-state index is 5.80. The van der Waals surface area contributed by atoms with Gasteiger partial charge in [0.25, 0.3) is 0 Å². The summed E-state index contributed by atoms with van der Waals surface area (Å²) in [6.45, 7) is 2.33. The van der Waals surface area contributed by atoms with Crippen molar-refractivity contribution in [2.75, 3.05) is 20.1 Å². The minimum absolute atomic E-state index is 0.472. The Kier molecular flexibility index (Phi) is 4.60. The van der Waals surface area contributed by atoms with E-state index in [2.05, 4.69) is 52.1 Å². The van der Waals surface area contributed by atoms with Crippen LogP contribution >= 0.6 is 15.9 Å². The highest BCUT2D eigenvalue weighted by Crippen LogP contribution is 2.26. The van der Waals surface area contributed by atoms with Crippen molar-refractivity contribution < 1.29 is 0 Å². The van der Waals surface area contributed by atoms with Gasteiger partial charge in [0.2, 0.25) is 0 Å². The third-order valence-electron chi connectivity index (χ3n) is 3.54. The van der Waals surface area contributed by atoms with E-state index >= 15 is 0 Å². The lowest BCUT2D eigenvalue weighted by molar-refractivity contribution is 0.183. The van der Waals surface area contributed by atoms with Crippen molar-refractivity contribution in [3.05, 3.63) is 34.3 Å². The topological polar surface area (TPSA) is 29.3 Å². The number of likely N-dealkylation sites (N-methyl/N-ethyl adjacent to an activating group) is 1. The largest absolute Gasteiger partial charge is 0.328 e. The third-order valence-corrected chi connectivity index (χ3v) is 4.07. The summed E-state index contributed by atoms with van der Waals surface area (Å²) in [6, 6.07) is 9.08. The number of hydrogen-bond donors (Lipinski definition) is 1. The number of benzene rings is 1. The van der Waals surface area contributed by atoms with E-state index in [9.17, 15) is 0 Å². The fourth-order valence-electron chi connectivity index (χ4n) is 2.44. The molecule has 0 spiro atoms. The van der Waals surface area contributed by atoms with Crippen molar-refractivity contribution in [2.45, 2.75) is 25.3 Å². The monoisotopic (exact) mass is 296 g/mol. The Morgan fingerprint density at radius 3 is 2.53 bits per heavy atom. The minimum Gasteiger partial charge on any atom is -0.328 e. The standard InChI is InChI=1S/C14H21BrN2/c1-17(10-12-8-14(16)9-12)7-6-11-2-4-13(15)5-3-11/h2-5,12,14H,6-10,16H2,1H3. The van der Waals surface area contributed by atoms with E-state index in [1.165, 1.54) is 24.9 Å². The lowest BCUT2D eigenvalue weighted by Gasteiger charge is -2.35. The Morgan fingerprint density at radius 1 is 1.29 bits per heavy atom. The molecule has 3 heteroatoms. The van der Waals surface area contributed by atoms with Crippen LogP contribution in [0, 0.1) is 5.92 Å². The molecule has 2 rings (SSSR count). The average Bonchev–Trinajstić information content (AvgIpc) is 2.26. The second-order valence-electron chi connectivity index (χ2n) is 5.24. The van der Waals surface area contributed by atoms with Crippen LogP contribution in [0.2, 0.25) is 0 Å². The first-order valence-corrected chi connectivity index (χ1v) is 7.11. The quantitative estimate of drug-likeness (QED) is 0.905. The van der Waals surface area contributed by atoms with E-state index in [-0.39, 0.29) is 0 Å². The van der Waals surface area contributed by atoms with Gasteiger partial charge in [-0.3, -0.25) is 0 Å². The molecule has 2 nitrogen and oxygen atoms in total. The first-order chi connectivity index (χ1) is 8.13. The predicted octanol–water partition coefficient (Wildman–Crippen LogP) is 2.66. The summed E-state index contributed by atoms with van der Waals surface area (Å²) in [7, 11) is 2.21. The minimum atomic E-state index is 0.472. The van der Waals surface area contributed by atoms with Crippen LogP contribution in [0.25, 0.3) is 0 Å². The van der Waals surface area contributed by atoms with Crippen LogP contribution in [0.1, 0.15) is 18.4 Å². The van der Waals surface area contributed by atoms with Crippen molar-refractivity contribution in [1.29, 1.82) is 0 Å². The van der Waals surface area contributed by atoms with Gasteiger partial charge in [-0.25, -0.2) is 0 Å². The van der Waals surface area contributed by atoms with Crippen LogP contribution in [0.15, 0.2) is 28.7 Å². The Balaban J connectivity index is 1.68. The van der Waals surface area contributed by atoms with Crippen LogP contribution in [0.5, 0.6) is 0 Å². The molecule has 1 aliphatic carbocycles. The van der Waals surface area contributed by atoms with E-state index in [1.54, 1.807) is 0 Å². The van der Waals surface area contributed by atoms with Gasteiger partial charge >= 0.3 is 0 Å². The van der Waals surface area contributed by atoms with E-state index in [1.807, 2.05) is 0 Å². The molecule has 1 aliphatic rings. The van der Waals surface area contributed by atoms with Gasteiger partial charge in [0.15, 0.2) is 0 Å². The van der Waals surface area contributed by atoms with E-state index in [0.717, 1.165) is 23.4 Å². The first kappa shape index (κ1) is 13.1. The van der Waals surface area contributed by atoms with E-state index < -0.39 is 0 Å². The van der Waals surface area contributed by atoms with Gasteiger partial charge in [0.05, 0.1) is 0 Å². The van der Waals surface area contributed by atoms with Crippen molar-refractivity contribution in [2.24, 2.45) is 11.7 Å². The van der Waals surface area contributed by atoms with Crippen molar-refractivity contribution in [3.8, 4) is 0 Å². The number of rotatable bonds is 5. The van der Waals surface area contributed by atoms with E-state index in [4.69, 9.17) is 5.73 Å². The van der Waals surface area contributed by atoms with Crippen LogP contribution in [-0.2, 0) is 6.42 Å². The van der Waals surface area contributed by atoms with Crippen LogP contribution in [0.4, 0.5) is 0 Å². The van der Waals surface area contributed by atoms with Crippen molar-refractivity contribution in [3.63, 3.8) is 0 Å². The summed E-state index contributed by atoms with van der Waals surface area (Å²) in [5.41, 5.74) is 7.21. The summed E-state index contributed by atoms with van der Waals surface area (Å²) >= 11 is 3.46. The fourth-order valence-corrected chi connectivity index (χ4v) is 2.70. The summed E-state index contributed by atoms with van der Waals surface area (Å²) in [5.74, 6) is 0.833. The van der Waals surface area contributed by atoms with Gasteiger partial charge < -0.3 is 10.6 Å². The second-order valence-corrected chi connectivity index (χ2v) is 6.15. The Morgan fingerprint density at radius 2 is 1.94 bits per heavy atom. The molecule has 0 unspecified atom stereocenters. The lowest BCUT2D eigenvalue weighted by atomic mass is 9.80. The highest BCUT2D eigenvalue weighted by molar-refractivity contribution is 9.10. The number of nitrogens with zero attached hydrogens (tertiary/aromatic N) is 1. The number of nitrogens with two attached hydrogens (primary N) is 1. The fraction of sp³-hybridized carbons (Fsp3) is 0.571. The molecule has 1 saturated carbocycles. The predicted molar refractivity (Wildman–Crippen MR) is 76.0 cm³/mol. The van der Waals surface area contributed by atoms with Gasteiger partial charge in [0.1, 0.15) is 0 Å². The highest BCUT2D eigenvalue weighted by atomic mass is 79.9. The first-order valence-electron chi connectivity index (χ1n) is 6.32. The van der Waals surface area contributed by atoms with Gasteiger partial charge in [-0.15, -0.1) is 0 Å². The zero-order valence-corrected chi connectivity index (χ0v) is 12.0. The molecule has 0 saturated heterocycles. The second kappa shape index (κ2) is 5.98. The zero-order chi connectivity index (χ0) is 12.3. The summed E-state index contributed by atoms with van der Waals surface area (Å²) in [6.07, 6.45) is 3.55. The number of hydrogen-bond acceptors (Lipinski definition) is 2. The van der Waals surface area contributed by atoms with Crippen LogP contribution in [0.3, 0.4) is 0 Å². The summed E-state index contributed by atoms with van der Waals surface area (Å²) < 4.78 is 1.15. The lowest BCUT2D eigenvalue weighted by Crippen LogP contribution is -2.42. The van der Waals surface area contributed by atoms with Gasteiger partial charge in [-0.1, -0.05) is 28.1 Å². The SMILES string of the molecule is CN(CCc1ccc(Br)cc1)CC1CC(N)C1. The Labute approximate surface area is 112 Å². The van der Waals surface area contributed by atoms with Crippen LogP contribution in [-0.4, -0.2) is 31.1 Å². The molecular formula is C14H21BrN2. The van der Waals surface area contributed by atoms with Gasteiger partial charge in [-0.05, 0) is 49.9 Å². The normalized spacial score (nSPS) is 23.8. The van der Waals surface area contributed by atoms with Crippen molar-refractivity contribution >= 4 is 15.9 Å². The zero-order valence-electron chi connectivity index (χ0n) is 10.4. The third kappa shape index (κ3) is 4.09. The molecule has 1 aromatic carbocycles. The molecule has 1 aromatic rings. The Hall–Kier alpha value is -0.380. The van der Waals surface area contributed by atoms with E-state index in [0.29, 0.717) is 6.04 Å². The van der Waals surface area contributed by atoms with Gasteiger partial charge in [0, 0.05) is 23.6 Å². The summed E-state index contributed by atoms with van der Waals surface area (Å²) in [5, 5.41) is 0. The molecule has 0 aliphatic heterocycles. The molecule has 17 heavy (non-hydrogen) atoms. The van der Waals surface area contributed by atoms with Crippen molar-refractivity contribution in [1.82, 2.24) is 4.90 Å². The molecular weight excluding hydrogens is 276 g/mol. The molecule has 0 atom stereocenters. The smallest absolute Gasteiger partial charge is 0.0175 e. The van der Waals surface area contributed by atoms with Crippen LogP contribution < -0.4 is 5.73 Å². The maximum Gasteiger partial charge on any atom is 0.0175 e. The van der Waals surface area contributed by atoms with Gasteiger partial charge in [-0.2, -0.15) is 0 Å². The molecule has 0 radical (unpaired) electrons. The maximum absolute atomic E-state index is 5.80. The average molecular weight is 297 g/mol. The highest BCUT2D eigenvalue weighted by Gasteiger charge is 2.26. The molecule has 1 fully saturated rings. The molecule has 94 valence electrons. The molecule has 0 heterocycles. The molecule has 0 aromatic heterocycles. The summed E-state index contributed by atoms with van der Waals surface area (Å²) in [4.78, 5) is 2.43.